The molecule has 2 heterocycles. The van der Waals surface area contributed by atoms with Crippen LogP contribution in [0.4, 0.5) is 0 Å². The quantitative estimate of drug-likeness (QED) is 0.855. The third-order valence-corrected chi connectivity index (χ3v) is 4.02. The van der Waals surface area contributed by atoms with Crippen LogP contribution < -0.4 is 5.32 Å². The molecule has 1 aliphatic heterocycles. The maximum absolute atomic E-state index is 4.23. The second kappa shape index (κ2) is 7.06. The Bertz CT molecular complexity index is 368. The fourth-order valence-electron chi connectivity index (χ4n) is 2.81. The molecule has 0 saturated carbocycles. The lowest BCUT2D eigenvalue weighted by atomic mass is 10.1. The highest BCUT2D eigenvalue weighted by Crippen LogP contribution is 2.13. The number of rotatable bonds is 6. The highest BCUT2D eigenvalue weighted by Gasteiger charge is 2.14. The Labute approximate surface area is 117 Å². The Kier molecular flexibility index (Phi) is 5.40. The summed E-state index contributed by atoms with van der Waals surface area (Å²) < 4.78 is 1.87. The minimum atomic E-state index is 0.387. The Balaban J connectivity index is 1.69. The van der Waals surface area contributed by atoms with Gasteiger partial charge in [0.15, 0.2) is 0 Å². The van der Waals surface area contributed by atoms with Crippen molar-refractivity contribution >= 4 is 0 Å². The van der Waals surface area contributed by atoms with Gasteiger partial charge in [-0.2, -0.15) is 5.10 Å². The molecule has 2 rings (SSSR count). The third kappa shape index (κ3) is 4.62. The Hall–Kier alpha value is -0.870. The van der Waals surface area contributed by atoms with Crippen LogP contribution in [0.3, 0.4) is 0 Å². The summed E-state index contributed by atoms with van der Waals surface area (Å²) >= 11 is 0. The normalized spacial score (nSPS) is 20.4. The molecule has 0 aliphatic carbocycles. The highest BCUT2D eigenvalue weighted by atomic mass is 15.2. The molecule has 1 fully saturated rings. The fraction of sp³-hybridized carbons (Fsp3) is 0.800. The van der Waals surface area contributed by atoms with Crippen LogP contribution in [0.5, 0.6) is 0 Å². The summed E-state index contributed by atoms with van der Waals surface area (Å²) in [5, 5.41) is 7.85. The molecule has 108 valence electrons. The van der Waals surface area contributed by atoms with Gasteiger partial charge >= 0.3 is 0 Å². The van der Waals surface area contributed by atoms with Gasteiger partial charge in [-0.1, -0.05) is 13.3 Å². The molecule has 1 aliphatic rings. The molecule has 0 aromatic carbocycles. The zero-order valence-electron chi connectivity index (χ0n) is 12.6. The van der Waals surface area contributed by atoms with Gasteiger partial charge in [0, 0.05) is 31.4 Å². The molecule has 1 aromatic rings. The van der Waals surface area contributed by atoms with Crippen LogP contribution in [-0.4, -0.2) is 40.9 Å². The Morgan fingerprint density at radius 1 is 1.26 bits per heavy atom. The number of hydrogen-bond donors (Lipinski definition) is 1. The van der Waals surface area contributed by atoms with E-state index in [4.69, 9.17) is 0 Å². The number of hydrogen-bond acceptors (Lipinski definition) is 3. The van der Waals surface area contributed by atoms with E-state index in [9.17, 15) is 0 Å². The topological polar surface area (TPSA) is 33.1 Å². The van der Waals surface area contributed by atoms with E-state index in [0.717, 1.165) is 6.54 Å². The van der Waals surface area contributed by atoms with Crippen molar-refractivity contribution in [3.63, 3.8) is 0 Å². The van der Waals surface area contributed by atoms with Crippen LogP contribution in [-0.2, 0) is 7.05 Å². The van der Waals surface area contributed by atoms with E-state index >= 15 is 0 Å². The zero-order chi connectivity index (χ0) is 13.7. The van der Waals surface area contributed by atoms with Crippen molar-refractivity contribution in [3.05, 3.63) is 18.0 Å². The lowest BCUT2D eigenvalue weighted by Crippen LogP contribution is -2.37. The molecule has 4 nitrogen and oxygen atoms in total. The largest absolute Gasteiger partial charge is 0.310 e. The molecule has 0 radical (unpaired) electrons. The Morgan fingerprint density at radius 2 is 2.00 bits per heavy atom. The van der Waals surface area contributed by atoms with Crippen molar-refractivity contribution in [3.8, 4) is 0 Å². The predicted molar refractivity (Wildman–Crippen MR) is 79.1 cm³/mol. The fourth-order valence-corrected chi connectivity index (χ4v) is 2.81. The van der Waals surface area contributed by atoms with Crippen molar-refractivity contribution in [1.82, 2.24) is 20.0 Å². The summed E-state index contributed by atoms with van der Waals surface area (Å²) in [5.74, 6) is 0.706. The van der Waals surface area contributed by atoms with Gasteiger partial charge in [-0.15, -0.1) is 0 Å². The van der Waals surface area contributed by atoms with Crippen LogP contribution in [0.25, 0.3) is 0 Å². The third-order valence-electron chi connectivity index (χ3n) is 4.02. The van der Waals surface area contributed by atoms with Gasteiger partial charge in [0.2, 0.25) is 0 Å². The summed E-state index contributed by atoms with van der Waals surface area (Å²) in [4.78, 5) is 2.62. The molecular formula is C15H28N4. The van der Waals surface area contributed by atoms with Gasteiger partial charge in [-0.05, 0) is 45.3 Å². The van der Waals surface area contributed by atoms with E-state index in [-0.39, 0.29) is 0 Å². The number of likely N-dealkylation sites (tertiary alicyclic amines) is 1. The van der Waals surface area contributed by atoms with Crippen molar-refractivity contribution in [2.24, 2.45) is 13.0 Å². The molecule has 2 atom stereocenters. The smallest absolute Gasteiger partial charge is 0.0537 e. The minimum absolute atomic E-state index is 0.387. The van der Waals surface area contributed by atoms with Gasteiger partial charge in [-0.3, -0.25) is 4.68 Å². The Morgan fingerprint density at radius 3 is 2.63 bits per heavy atom. The second-order valence-corrected chi connectivity index (χ2v) is 6.04. The van der Waals surface area contributed by atoms with E-state index in [1.54, 1.807) is 0 Å². The number of piperidine rings is 1. The highest BCUT2D eigenvalue weighted by molar-refractivity contribution is 5.08. The summed E-state index contributed by atoms with van der Waals surface area (Å²) in [7, 11) is 1.97. The predicted octanol–water partition coefficient (Wildman–Crippen LogP) is 2.19. The van der Waals surface area contributed by atoms with E-state index in [0.29, 0.717) is 12.0 Å². The van der Waals surface area contributed by atoms with Crippen LogP contribution in [0, 0.1) is 5.92 Å². The van der Waals surface area contributed by atoms with E-state index < -0.39 is 0 Å². The standard InChI is InChI=1S/C15H28N4/c1-13(11-19-7-5-4-6-8-19)9-16-14(2)15-10-17-18(3)12-15/h10,12-14,16H,4-9,11H2,1-3H3. The van der Waals surface area contributed by atoms with Crippen LogP contribution >= 0.6 is 0 Å². The lowest BCUT2D eigenvalue weighted by molar-refractivity contribution is 0.197. The first kappa shape index (κ1) is 14.5. The van der Waals surface area contributed by atoms with Crippen molar-refractivity contribution in [2.75, 3.05) is 26.2 Å². The molecular weight excluding hydrogens is 236 g/mol. The van der Waals surface area contributed by atoms with Gasteiger partial charge in [-0.25, -0.2) is 0 Å². The summed E-state index contributed by atoms with van der Waals surface area (Å²) in [6.07, 6.45) is 8.22. The van der Waals surface area contributed by atoms with Gasteiger partial charge in [0.05, 0.1) is 6.20 Å². The first-order valence-corrected chi connectivity index (χ1v) is 7.59. The molecule has 19 heavy (non-hydrogen) atoms. The molecule has 4 heteroatoms. The first-order chi connectivity index (χ1) is 9.15. The minimum Gasteiger partial charge on any atom is -0.310 e. The number of aromatic nitrogens is 2. The summed E-state index contributed by atoms with van der Waals surface area (Å²) in [5.41, 5.74) is 1.27. The average molecular weight is 264 g/mol. The SMILES string of the molecule is CC(CNC(C)c1cnn(C)c1)CN1CCCCC1. The van der Waals surface area contributed by atoms with Crippen molar-refractivity contribution in [2.45, 2.75) is 39.2 Å². The van der Waals surface area contributed by atoms with Crippen LogP contribution in [0.15, 0.2) is 12.4 Å². The molecule has 1 N–H and O–H groups in total. The number of nitrogens with one attached hydrogen (secondary N) is 1. The number of aryl methyl sites for hydroxylation is 1. The first-order valence-electron chi connectivity index (χ1n) is 7.59. The average Bonchev–Trinajstić information content (AvgIpc) is 2.84. The van der Waals surface area contributed by atoms with Crippen LogP contribution in [0.1, 0.15) is 44.7 Å². The number of nitrogens with zero attached hydrogens (tertiary/aromatic N) is 3. The van der Waals surface area contributed by atoms with Crippen molar-refractivity contribution in [1.29, 1.82) is 0 Å². The summed E-state index contributed by atoms with van der Waals surface area (Å²) in [6.45, 7) is 9.45. The lowest BCUT2D eigenvalue weighted by Gasteiger charge is -2.29. The summed E-state index contributed by atoms with van der Waals surface area (Å²) in [6, 6.07) is 0.387. The van der Waals surface area contributed by atoms with Crippen molar-refractivity contribution < 1.29 is 0 Å². The van der Waals surface area contributed by atoms with E-state index in [2.05, 4.69) is 35.4 Å². The molecule has 1 aromatic heterocycles. The van der Waals surface area contributed by atoms with E-state index in [1.807, 2.05) is 17.9 Å². The van der Waals surface area contributed by atoms with E-state index in [1.165, 1.54) is 44.5 Å². The second-order valence-electron chi connectivity index (χ2n) is 6.04. The molecule has 2 unspecified atom stereocenters. The van der Waals surface area contributed by atoms with Gasteiger partial charge < -0.3 is 10.2 Å². The van der Waals surface area contributed by atoms with Crippen LogP contribution in [0.2, 0.25) is 0 Å². The monoisotopic (exact) mass is 264 g/mol. The zero-order valence-corrected chi connectivity index (χ0v) is 12.6. The molecule has 0 amide bonds. The molecule has 0 spiro atoms. The molecule has 1 saturated heterocycles. The maximum Gasteiger partial charge on any atom is 0.0537 e. The molecule has 0 bridgehead atoms. The maximum atomic E-state index is 4.23. The van der Waals surface area contributed by atoms with Gasteiger partial charge in [0.25, 0.3) is 0 Å². The van der Waals surface area contributed by atoms with Gasteiger partial charge in [0.1, 0.15) is 0 Å².